The second kappa shape index (κ2) is 14.7. The number of unbranched alkanes of at least 4 members (excludes halogenated alkanes) is 3. The lowest BCUT2D eigenvalue weighted by atomic mass is 9.85. The van der Waals surface area contributed by atoms with Crippen LogP contribution in [-0.4, -0.2) is 63.9 Å². The van der Waals surface area contributed by atoms with Crippen LogP contribution >= 0.6 is 0 Å². The number of cyclic esters (lactones) is 1. The third-order valence-electron chi connectivity index (χ3n) is 6.73. The zero-order valence-corrected chi connectivity index (χ0v) is 23.6. The van der Waals surface area contributed by atoms with Crippen molar-refractivity contribution in [2.24, 2.45) is 11.8 Å². The Morgan fingerprint density at radius 2 is 1.69 bits per heavy atom. The number of esters is 1. The third-order valence-corrected chi connectivity index (χ3v) is 6.73. The number of nitrogens with zero attached hydrogens (tertiary/aromatic N) is 1. The minimum atomic E-state index is -1.55. The van der Waals surface area contributed by atoms with E-state index in [2.05, 4.69) is 0 Å². The van der Waals surface area contributed by atoms with Crippen molar-refractivity contribution in [1.29, 1.82) is 0 Å². The molecule has 39 heavy (non-hydrogen) atoms. The number of aliphatic hydroxyl groups is 1. The second-order valence-corrected chi connectivity index (χ2v) is 10.8. The molecule has 1 aliphatic heterocycles. The monoisotopic (exact) mass is 543 g/mol. The lowest BCUT2D eigenvalue weighted by molar-refractivity contribution is -0.159. The first kappa shape index (κ1) is 31.9. The summed E-state index contributed by atoms with van der Waals surface area (Å²) in [5.74, 6) is -3.83. The molecule has 9 heteroatoms. The van der Waals surface area contributed by atoms with Gasteiger partial charge in [0.05, 0.1) is 12.0 Å². The molecule has 9 nitrogen and oxygen atoms in total. The summed E-state index contributed by atoms with van der Waals surface area (Å²) in [7, 11) is 0. The van der Waals surface area contributed by atoms with Crippen LogP contribution < -0.4 is 0 Å². The summed E-state index contributed by atoms with van der Waals surface area (Å²) in [6, 6.07) is 8.32. The normalized spacial score (nSPS) is 18.2. The molecule has 1 aromatic rings. The average molecular weight is 544 g/mol. The minimum absolute atomic E-state index is 0.0189. The van der Waals surface area contributed by atoms with Crippen molar-refractivity contribution in [3.63, 3.8) is 0 Å². The van der Waals surface area contributed by atoms with Crippen molar-refractivity contribution in [2.75, 3.05) is 6.61 Å². The Bertz CT molecular complexity index is 1050. The first-order valence-electron chi connectivity index (χ1n) is 13.5. The number of carbonyl (C=O) groups excluding carboxylic acids is 5. The summed E-state index contributed by atoms with van der Waals surface area (Å²) in [4.78, 5) is 65.7. The predicted octanol–water partition coefficient (Wildman–Crippen LogP) is 4.20. The van der Waals surface area contributed by atoms with Crippen LogP contribution in [0.4, 0.5) is 4.79 Å². The number of benzene rings is 1. The van der Waals surface area contributed by atoms with Crippen molar-refractivity contribution in [3.8, 4) is 0 Å². The molecule has 0 spiro atoms. The molecule has 1 aliphatic rings. The SMILES string of the molecule is CC(=O)O[C@@H](C(=O)C=CC(=O)CCCCCCO)[C@H](Cc1ccccc1)C(=O)N1C(=O)OC(C)(C)[C@H]1C(C)C. The van der Waals surface area contributed by atoms with Crippen LogP contribution in [0, 0.1) is 11.8 Å². The van der Waals surface area contributed by atoms with Gasteiger partial charge in [-0.3, -0.25) is 19.2 Å². The van der Waals surface area contributed by atoms with Gasteiger partial charge in [0.1, 0.15) is 5.60 Å². The van der Waals surface area contributed by atoms with Gasteiger partial charge in [0.2, 0.25) is 5.91 Å². The first-order valence-corrected chi connectivity index (χ1v) is 13.5. The summed E-state index contributed by atoms with van der Waals surface area (Å²) in [6.07, 6.45) is 2.92. The quantitative estimate of drug-likeness (QED) is 0.198. The topological polar surface area (TPSA) is 127 Å². The van der Waals surface area contributed by atoms with E-state index in [4.69, 9.17) is 14.6 Å². The fourth-order valence-electron chi connectivity index (χ4n) is 5.09. The van der Waals surface area contributed by atoms with Crippen LogP contribution in [0.5, 0.6) is 0 Å². The molecule has 3 atom stereocenters. The molecule has 1 saturated heterocycles. The van der Waals surface area contributed by atoms with Crippen LogP contribution in [-0.2, 0) is 35.1 Å². The molecule has 0 aliphatic carbocycles. The highest BCUT2D eigenvalue weighted by molar-refractivity contribution is 6.05. The van der Waals surface area contributed by atoms with Gasteiger partial charge in [0, 0.05) is 20.0 Å². The average Bonchev–Trinajstić information content (AvgIpc) is 3.12. The molecule has 0 saturated carbocycles. The Morgan fingerprint density at radius 3 is 2.28 bits per heavy atom. The van der Waals surface area contributed by atoms with E-state index >= 15 is 0 Å². The fraction of sp³-hybridized carbons (Fsp3) is 0.567. The molecule has 2 rings (SSSR count). The van der Waals surface area contributed by atoms with Crippen LogP contribution in [0.25, 0.3) is 0 Å². The summed E-state index contributed by atoms with van der Waals surface area (Å²) in [5.41, 5.74) is -0.250. The van der Waals surface area contributed by atoms with Gasteiger partial charge in [-0.05, 0) is 56.7 Å². The van der Waals surface area contributed by atoms with Gasteiger partial charge < -0.3 is 14.6 Å². The molecular formula is C30H41NO8. The molecule has 1 heterocycles. The van der Waals surface area contributed by atoms with E-state index in [1.165, 1.54) is 0 Å². The zero-order valence-electron chi connectivity index (χ0n) is 23.6. The molecule has 2 amide bonds. The molecule has 214 valence electrons. The number of rotatable bonds is 15. The molecule has 1 N–H and O–H groups in total. The predicted molar refractivity (Wildman–Crippen MR) is 145 cm³/mol. The summed E-state index contributed by atoms with van der Waals surface area (Å²) in [6.45, 7) is 8.42. The van der Waals surface area contributed by atoms with Crippen LogP contribution in [0.2, 0.25) is 0 Å². The summed E-state index contributed by atoms with van der Waals surface area (Å²) >= 11 is 0. The number of allylic oxidation sites excluding steroid dienone is 1. The number of amides is 2. The Kier molecular flexibility index (Phi) is 12.0. The second-order valence-electron chi connectivity index (χ2n) is 10.8. The van der Waals surface area contributed by atoms with Crippen molar-refractivity contribution in [1.82, 2.24) is 4.90 Å². The zero-order chi connectivity index (χ0) is 29.2. The van der Waals surface area contributed by atoms with Crippen molar-refractivity contribution >= 4 is 29.5 Å². The number of ether oxygens (including phenoxy) is 2. The molecule has 1 fully saturated rings. The van der Waals surface area contributed by atoms with Gasteiger partial charge in [-0.25, -0.2) is 9.69 Å². The Balaban J connectivity index is 2.38. The highest BCUT2D eigenvalue weighted by Gasteiger charge is 2.54. The lowest BCUT2D eigenvalue weighted by Crippen LogP contribution is -2.53. The number of hydrogen-bond acceptors (Lipinski definition) is 8. The minimum Gasteiger partial charge on any atom is -0.453 e. The molecule has 0 unspecified atom stereocenters. The molecule has 1 aromatic carbocycles. The number of ketones is 2. The number of carbonyl (C=O) groups is 5. The fourth-order valence-corrected chi connectivity index (χ4v) is 5.09. The van der Waals surface area contributed by atoms with E-state index in [-0.39, 0.29) is 31.1 Å². The maximum Gasteiger partial charge on any atom is 0.417 e. The van der Waals surface area contributed by atoms with Crippen molar-refractivity contribution in [2.45, 2.75) is 90.9 Å². The van der Waals surface area contributed by atoms with Crippen LogP contribution in [0.1, 0.15) is 72.3 Å². The first-order chi connectivity index (χ1) is 18.4. The van der Waals surface area contributed by atoms with Gasteiger partial charge in [0.15, 0.2) is 17.7 Å². The van der Waals surface area contributed by atoms with Gasteiger partial charge in [0.25, 0.3) is 0 Å². The van der Waals surface area contributed by atoms with E-state index in [0.717, 1.165) is 36.8 Å². The maximum absolute atomic E-state index is 14.0. The number of hydrogen-bond donors (Lipinski definition) is 1. The maximum atomic E-state index is 14.0. The molecule has 0 radical (unpaired) electrons. The van der Waals surface area contributed by atoms with Gasteiger partial charge >= 0.3 is 12.1 Å². The van der Waals surface area contributed by atoms with E-state index in [1.54, 1.807) is 38.1 Å². The Hall–Kier alpha value is -3.33. The smallest absolute Gasteiger partial charge is 0.417 e. The molecule has 0 aromatic heterocycles. The van der Waals surface area contributed by atoms with E-state index in [9.17, 15) is 24.0 Å². The van der Waals surface area contributed by atoms with Crippen LogP contribution in [0.3, 0.4) is 0 Å². The lowest BCUT2D eigenvalue weighted by Gasteiger charge is -2.34. The highest BCUT2D eigenvalue weighted by atomic mass is 16.6. The van der Waals surface area contributed by atoms with E-state index in [0.29, 0.717) is 18.4 Å². The van der Waals surface area contributed by atoms with Crippen molar-refractivity contribution in [3.05, 3.63) is 48.0 Å². The molecular weight excluding hydrogens is 502 g/mol. The summed E-state index contributed by atoms with van der Waals surface area (Å²) < 4.78 is 10.9. The number of imide groups is 1. The third kappa shape index (κ3) is 9.13. The highest BCUT2D eigenvalue weighted by Crippen LogP contribution is 2.36. The summed E-state index contributed by atoms with van der Waals surface area (Å²) in [5, 5.41) is 8.86. The Labute approximate surface area is 230 Å². The number of aliphatic hydroxyl groups excluding tert-OH is 1. The molecule has 0 bridgehead atoms. The van der Waals surface area contributed by atoms with Crippen molar-refractivity contribution < 1.29 is 38.6 Å². The Morgan fingerprint density at radius 1 is 1.05 bits per heavy atom. The van der Waals surface area contributed by atoms with Gasteiger partial charge in [-0.1, -0.05) is 57.0 Å². The standard InChI is InChI=1S/C30H41NO8/c1-20(2)27-30(4,5)39-29(37)31(27)28(36)24(19-22-13-9-8-10-14-22)26(38-21(3)33)25(35)17-16-23(34)15-11-6-7-12-18-32/h8-10,13-14,16-17,20,24,26-27,32H,6-7,11-12,15,18-19H2,1-5H3/t24-,26+,27+/m0/s1. The van der Waals surface area contributed by atoms with Crippen LogP contribution in [0.15, 0.2) is 42.5 Å². The van der Waals surface area contributed by atoms with Gasteiger partial charge in [-0.15, -0.1) is 0 Å². The van der Waals surface area contributed by atoms with Gasteiger partial charge in [-0.2, -0.15) is 0 Å². The largest absolute Gasteiger partial charge is 0.453 e. The van der Waals surface area contributed by atoms with E-state index in [1.807, 2.05) is 19.9 Å². The van der Waals surface area contributed by atoms with E-state index < -0.39 is 47.4 Å².